The summed E-state index contributed by atoms with van der Waals surface area (Å²) in [4.78, 5) is 11.0. The molecule has 0 spiro atoms. The molecule has 1 saturated carbocycles. The minimum atomic E-state index is -0.724. The lowest BCUT2D eigenvalue weighted by Gasteiger charge is -2.36. The molecule has 0 aromatic heterocycles. The Morgan fingerprint density at radius 2 is 2.18 bits per heavy atom. The highest BCUT2D eigenvalue weighted by Gasteiger charge is 2.39. The van der Waals surface area contributed by atoms with E-state index >= 15 is 0 Å². The van der Waals surface area contributed by atoms with Gasteiger partial charge in [-0.05, 0) is 18.8 Å². The smallest absolute Gasteiger partial charge is 0.237 e. The first kappa shape index (κ1) is 8.53. The lowest BCUT2D eigenvalue weighted by Crippen LogP contribution is -2.57. The molecule has 0 bridgehead atoms. The normalized spacial score (nSPS) is 38.5. The van der Waals surface area contributed by atoms with Crippen LogP contribution >= 0.6 is 0 Å². The Morgan fingerprint density at radius 3 is 2.55 bits per heavy atom. The third-order valence-electron chi connectivity index (χ3n) is 2.82. The lowest BCUT2D eigenvalue weighted by molar-refractivity contribution is -0.126. The average molecular weight is 156 g/mol. The molecule has 0 saturated heterocycles. The third kappa shape index (κ3) is 1.38. The van der Waals surface area contributed by atoms with Crippen molar-refractivity contribution in [2.75, 3.05) is 0 Å². The Kier molecular flexibility index (Phi) is 2.18. The fraction of sp³-hybridized carbons (Fsp3) is 0.875. The van der Waals surface area contributed by atoms with Gasteiger partial charge >= 0.3 is 0 Å². The number of nitrogens with two attached hydrogens (primary N) is 2. The predicted octanol–water partition coefficient (Wildman–Crippen LogP) is 0.379. The minimum Gasteiger partial charge on any atom is -0.368 e. The van der Waals surface area contributed by atoms with E-state index in [1.165, 1.54) is 6.42 Å². The molecule has 3 nitrogen and oxygen atoms in total. The van der Waals surface area contributed by atoms with E-state index in [9.17, 15) is 4.79 Å². The Labute approximate surface area is 67.1 Å². The van der Waals surface area contributed by atoms with Crippen LogP contribution in [0.4, 0.5) is 0 Å². The van der Waals surface area contributed by atoms with Gasteiger partial charge in [-0.25, -0.2) is 0 Å². The van der Waals surface area contributed by atoms with Gasteiger partial charge in [-0.3, -0.25) is 4.79 Å². The minimum absolute atomic E-state index is 0.244. The molecule has 0 unspecified atom stereocenters. The summed E-state index contributed by atoms with van der Waals surface area (Å²) in [7, 11) is 0. The van der Waals surface area contributed by atoms with Crippen LogP contribution in [0.2, 0.25) is 0 Å². The Balaban J connectivity index is 2.72. The molecule has 1 aliphatic carbocycles. The number of carbonyl (C=O) groups is 1. The van der Waals surface area contributed by atoms with Crippen molar-refractivity contribution < 1.29 is 4.79 Å². The molecule has 0 aromatic rings. The maximum Gasteiger partial charge on any atom is 0.237 e. The van der Waals surface area contributed by atoms with Gasteiger partial charge in [-0.15, -0.1) is 0 Å². The molecule has 1 rings (SSSR count). The highest BCUT2D eigenvalue weighted by molar-refractivity contribution is 5.84. The van der Waals surface area contributed by atoms with E-state index < -0.39 is 5.54 Å². The van der Waals surface area contributed by atoms with Crippen LogP contribution in [0.1, 0.15) is 32.6 Å². The predicted molar refractivity (Wildman–Crippen MR) is 43.7 cm³/mol. The summed E-state index contributed by atoms with van der Waals surface area (Å²) in [6.45, 7) is 2.00. The van der Waals surface area contributed by atoms with Gasteiger partial charge in [-0.2, -0.15) is 0 Å². The van der Waals surface area contributed by atoms with Crippen molar-refractivity contribution >= 4 is 5.91 Å². The molecule has 64 valence electrons. The first-order valence-corrected chi connectivity index (χ1v) is 4.16. The number of carbonyl (C=O) groups excluding carboxylic acids is 1. The van der Waals surface area contributed by atoms with E-state index in [-0.39, 0.29) is 11.8 Å². The zero-order chi connectivity index (χ0) is 8.48. The van der Waals surface area contributed by atoms with Gasteiger partial charge in [0.05, 0.1) is 5.54 Å². The first-order valence-electron chi connectivity index (χ1n) is 4.16. The van der Waals surface area contributed by atoms with Crippen molar-refractivity contribution in [1.29, 1.82) is 0 Å². The summed E-state index contributed by atoms with van der Waals surface area (Å²) < 4.78 is 0. The Morgan fingerprint density at radius 1 is 1.55 bits per heavy atom. The maximum absolute atomic E-state index is 11.0. The maximum atomic E-state index is 11.0. The molecule has 0 radical (unpaired) electrons. The van der Waals surface area contributed by atoms with Crippen molar-refractivity contribution in [3.8, 4) is 0 Å². The van der Waals surface area contributed by atoms with Crippen LogP contribution in [-0.2, 0) is 4.79 Å². The van der Waals surface area contributed by atoms with Gasteiger partial charge in [0.1, 0.15) is 0 Å². The highest BCUT2D eigenvalue weighted by atomic mass is 16.1. The van der Waals surface area contributed by atoms with Gasteiger partial charge in [0.15, 0.2) is 0 Å². The molecule has 3 heteroatoms. The molecule has 1 amide bonds. The van der Waals surface area contributed by atoms with Crippen LogP contribution in [0.5, 0.6) is 0 Å². The second-order valence-electron chi connectivity index (χ2n) is 3.55. The second kappa shape index (κ2) is 2.81. The third-order valence-corrected chi connectivity index (χ3v) is 2.82. The van der Waals surface area contributed by atoms with Gasteiger partial charge in [0, 0.05) is 0 Å². The van der Waals surface area contributed by atoms with E-state index in [0.717, 1.165) is 19.3 Å². The van der Waals surface area contributed by atoms with E-state index in [4.69, 9.17) is 11.5 Å². The lowest BCUT2D eigenvalue weighted by atomic mass is 9.74. The number of hydrogen-bond donors (Lipinski definition) is 2. The van der Waals surface area contributed by atoms with Crippen molar-refractivity contribution in [2.45, 2.75) is 38.1 Å². The van der Waals surface area contributed by atoms with Crippen molar-refractivity contribution in [3.05, 3.63) is 0 Å². The summed E-state index contributed by atoms with van der Waals surface area (Å²) in [5.41, 5.74) is 10.4. The molecular formula is C8H16N2O. The van der Waals surface area contributed by atoms with Crippen molar-refractivity contribution in [1.82, 2.24) is 0 Å². The van der Waals surface area contributed by atoms with E-state index in [1.54, 1.807) is 0 Å². The quantitative estimate of drug-likeness (QED) is 0.576. The zero-order valence-electron chi connectivity index (χ0n) is 6.97. The topological polar surface area (TPSA) is 69.1 Å². The molecule has 2 atom stereocenters. The molecule has 0 aliphatic heterocycles. The Bertz CT molecular complexity index is 169. The van der Waals surface area contributed by atoms with Gasteiger partial charge in [0.2, 0.25) is 5.91 Å². The van der Waals surface area contributed by atoms with Crippen LogP contribution in [0.3, 0.4) is 0 Å². The van der Waals surface area contributed by atoms with E-state index in [1.807, 2.05) is 6.92 Å². The zero-order valence-corrected chi connectivity index (χ0v) is 6.97. The highest BCUT2D eigenvalue weighted by Crippen LogP contribution is 2.30. The average Bonchev–Trinajstić information content (AvgIpc) is 1.95. The van der Waals surface area contributed by atoms with Crippen LogP contribution in [-0.4, -0.2) is 11.4 Å². The number of primary amides is 1. The summed E-state index contributed by atoms with van der Waals surface area (Å²) >= 11 is 0. The van der Waals surface area contributed by atoms with Crippen LogP contribution in [0.15, 0.2) is 0 Å². The van der Waals surface area contributed by atoms with E-state index in [2.05, 4.69) is 0 Å². The largest absolute Gasteiger partial charge is 0.368 e. The number of rotatable bonds is 1. The summed E-state index contributed by atoms with van der Waals surface area (Å²) in [5.74, 6) is -0.0987. The van der Waals surface area contributed by atoms with Gasteiger partial charge in [0.25, 0.3) is 0 Å². The summed E-state index contributed by atoms with van der Waals surface area (Å²) in [6, 6.07) is 0. The summed E-state index contributed by atoms with van der Waals surface area (Å²) in [5, 5.41) is 0. The van der Waals surface area contributed by atoms with Gasteiger partial charge in [-0.1, -0.05) is 19.8 Å². The molecule has 4 N–H and O–H groups in total. The van der Waals surface area contributed by atoms with Crippen molar-refractivity contribution in [3.63, 3.8) is 0 Å². The monoisotopic (exact) mass is 156 g/mol. The number of amides is 1. The first-order chi connectivity index (χ1) is 5.07. The molecule has 1 fully saturated rings. The SMILES string of the molecule is C[C@@H]1CCCC[C@@]1(N)C(N)=O. The van der Waals surface area contributed by atoms with E-state index in [0.29, 0.717) is 0 Å². The second-order valence-corrected chi connectivity index (χ2v) is 3.55. The molecule has 0 aromatic carbocycles. The standard InChI is InChI=1S/C8H16N2O/c1-6-4-2-3-5-8(6,10)7(9)11/h6H,2-5,10H2,1H3,(H2,9,11)/t6-,8+/m1/s1. The van der Waals surface area contributed by atoms with Gasteiger partial charge < -0.3 is 11.5 Å². The molecule has 11 heavy (non-hydrogen) atoms. The van der Waals surface area contributed by atoms with Crippen molar-refractivity contribution in [2.24, 2.45) is 17.4 Å². The summed E-state index contributed by atoms with van der Waals surface area (Å²) in [6.07, 6.45) is 3.99. The fourth-order valence-electron chi connectivity index (χ4n) is 1.74. The molecule has 1 aliphatic rings. The Hall–Kier alpha value is -0.570. The fourth-order valence-corrected chi connectivity index (χ4v) is 1.74. The molecular weight excluding hydrogens is 140 g/mol. The number of hydrogen-bond acceptors (Lipinski definition) is 2. The van der Waals surface area contributed by atoms with Crippen LogP contribution < -0.4 is 11.5 Å². The molecule has 0 heterocycles. The van der Waals surface area contributed by atoms with Crippen LogP contribution in [0.25, 0.3) is 0 Å². The van der Waals surface area contributed by atoms with Crippen LogP contribution in [0, 0.1) is 5.92 Å².